The first-order chi connectivity index (χ1) is 12.7. The molecule has 0 saturated heterocycles. The lowest BCUT2D eigenvalue weighted by atomic mass is 10.2. The van der Waals surface area contributed by atoms with Crippen molar-refractivity contribution in [2.75, 3.05) is 5.32 Å². The lowest BCUT2D eigenvalue weighted by Crippen LogP contribution is -2.29. The fourth-order valence-electron chi connectivity index (χ4n) is 2.72. The van der Waals surface area contributed by atoms with Crippen LogP contribution in [0.1, 0.15) is 5.56 Å². The predicted octanol–water partition coefficient (Wildman–Crippen LogP) is 3.84. The molecule has 26 heavy (non-hydrogen) atoms. The van der Waals surface area contributed by atoms with Crippen LogP contribution >= 0.6 is 22.7 Å². The van der Waals surface area contributed by atoms with Gasteiger partial charge in [-0.3, -0.25) is 10.1 Å². The third kappa shape index (κ3) is 2.75. The van der Waals surface area contributed by atoms with Crippen molar-refractivity contribution >= 4 is 66.7 Å². The van der Waals surface area contributed by atoms with Gasteiger partial charge >= 0.3 is 0 Å². The number of carbonyl (C=O) groups is 1. The molecule has 2 aromatic heterocycles. The van der Waals surface area contributed by atoms with Crippen LogP contribution in [0.4, 0.5) is 5.69 Å². The third-order valence-electron chi connectivity index (χ3n) is 3.95. The monoisotopic (exact) mass is 377 g/mol. The van der Waals surface area contributed by atoms with Gasteiger partial charge in [0.1, 0.15) is 5.70 Å². The van der Waals surface area contributed by atoms with Crippen LogP contribution < -0.4 is 10.6 Å². The summed E-state index contributed by atoms with van der Waals surface area (Å²) < 4.78 is 2.16. The lowest BCUT2D eigenvalue weighted by molar-refractivity contribution is -0.115. The van der Waals surface area contributed by atoms with Crippen molar-refractivity contribution in [2.45, 2.75) is 0 Å². The summed E-state index contributed by atoms with van der Waals surface area (Å²) in [5.41, 5.74) is 7.68. The molecular weight excluding hydrogens is 366 g/mol. The number of carbonyl (C=O) groups excluding carboxylic acids is 1. The lowest BCUT2D eigenvalue weighted by Gasteiger charge is -2.04. The van der Waals surface area contributed by atoms with Gasteiger partial charge in [-0.1, -0.05) is 6.07 Å². The molecule has 0 atom stereocenters. The van der Waals surface area contributed by atoms with Gasteiger partial charge in [0.25, 0.3) is 5.91 Å². The summed E-state index contributed by atoms with van der Waals surface area (Å²) in [7, 11) is 0. The zero-order valence-corrected chi connectivity index (χ0v) is 14.9. The Bertz CT molecular complexity index is 1220. The molecule has 2 aromatic carbocycles. The normalized spacial score (nSPS) is 15.6. The fourth-order valence-corrected chi connectivity index (χ4v) is 4.16. The van der Waals surface area contributed by atoms with Crippen molar-refractivity contribution in [3.63, 3.8) is 0 Å². The molecule has 4 aromatic rings. The molecule has 0 fully saturated rings. The average Bonchev–Trinajstić information content (AvgIpc) is 3.35. The second kappa shape index (κ2) is 6.01. The van der Waals surface area contributed by atoms with E-state index in [1.54, 1.807) is 28.7 Å². The summed E-state index contributed by atoms with van der Waals surface area (Å²) in [4.78, 5) is 25.1. The van der Waals surface area contributed by atoms with Gasteiger partial charge in [-0.05, 0) is 42.0 Å². The van der Waals surface area contributed by atoms with E-state index >= 15 is 0 Å². The van der Waals surface area contributed by atoms with Crippen LogP contribution in [0.25, 0.3) is 26.5 Å². The second-order valence-electron chi connectivity index (χ2n) is 5.68. The molecule has 1 amide bonds. The number of nitrogens with zero attached hydrogens (tertiary/aromatic N) is 3. The SMILES string of the molecule is O=C1NC(Nc2ccc3ncsc3c2)=N/C1=C\c1ccc2ncsc2c1. The Kier molecular flexibility index (Phi) is 3.51. The maximum atomic E-state index is 12.2. The highest BCUT2D eigenvalue weighted by atomic mass is 32.1. The maximum Gasteiger partial charge on any atom is 0.276 e. The van der Waals surface area contributed by atoms with Gasteiger partial charge in [0, 0.05) is 5.69 Å². The number of amides is 1. The standard InChI is InChI=1S/C18H11N5OS2/c24-17-14(5-10-1-3-12-15(6-10)25-8-19-12)22-18(23-17)21-11-2-4-13-16(7-11)26-9-20-13/h1-9H,(H2,21,22,23,24)/b14-5-. The van der Waals surface area contributed by atoms with Crippen molar-refractivity contribution in [1.82, 2.24) is 15.3 Å². The average molecular weight is 377 g/mol. The number of aliphatic imine (C=N–C) groups is 1. The van der Waals surface area contributed by atoms with E-state index in [4.69, 9.17) is 0 Å². The molecule has 1 aliphatic heterocycles. The van der Waals surface area contributed by atoms with Crippen molar-refractivity contribution < 1.29 is 4.79 Å². The van der Waals surface area contributed by atoms with E-state index in [1.807, 2.05) is 47.4 Å². The van der Waals surface area contributed by atoms with Gasteiger partial charge < -0.3 is 5.32 Å². The highest BCUT2D eigenvalue weighted by Crippen LogP contribution is 2.23. The number of nitrogens with one attached hydrogen (secondary N) is 2. The van der Waals surface area contributed by atoms with Crippen LogP contribution in [0.5, 0.6) is 0 Å². The molecule has 0 aliphatic carbocycles. The van der Waals surface area contributed by atoms with Crippen LogP contribution in [-0.4, -0.2) is 21.8 Å². The van der Waals surface area contributed by atoms with Gasteiger partial charge in [-0.15, -0.1) is 22.7 Å². The van der Waals surface area contributed by atoms with E-state index in [1.165, 1.54) is 0 Å². The maximum absolute atomic E-state index is 12.2. The zero-order chi connectivity index (χ0) is 17.5. The number of hydrogen-bond donors (Lipinski definition) is 2. The Morgan fingerprint density at radius 3 is 2.50 bits per heavy atom. The van der Waals surface area contributed by atoms with Crippen LogP contribution in [0.15, 0.2) is 58.1 Å². The molecule has 126 valence electrons. The first-order valence-corrected chi connectivity index (χ1v) is 9.56. The molecule has 2 N–H and O–H groups in total. The molecule has 1 aliphatic rings. The largest absolute Gasteiger partial charge is 0.326 e. The number of fused-ring (bicyclic) bond motifs is 2. The van der Waals surface area contributed by atoms with E-state index in [0.717, 1.165) is 31.7 Å². The number of guanidine groups is 1. The van der Waals surface area contributed by atoms with Crippen molar-refractivity contribution in [3.8, 4) is 0 Å². The first kappa shape index (κ1) is 15.2. The van der Waals surface area contributed by atoms with E-state index < -0.39 is 0 Å². The highest BCUT2D eigenvalue weighted by Gasteiger charge is 2.20. The van der Waals surface area contributed by atoms with Crippen molar-refractivity contribution in [1.29, 1.82) is 0 Å². The van der Waals surface area contributed by atoms with Gasteiger partial charge in [-0.25, -0.2) is 15.0 Å². The molecule has 0 spiro atoms. The number of hydrogen-bond acceptors (Lipinski definition) is 7. The molecule has 0 saturated carbocycles. The number of aromatic nitrogens is 2. The number of benzene rings is 2. The Morgan fingerprint density at radius 2 is 1.69 bits per heavy atom. The number of rotatable bonds is 2. The molecule has 0 bridgehead atoms. The summed E-state index contributed by atoms with van der Waals surface area (Å²) in [5, 5.41) is 5.90. The minimum absolute atomic E-state index is 0.226. The summed E-state index contributed by atoms with van der Waals surface area (Å²) in [6, 6.07) is 11.7. The summed E-state index contributed by atoms with van der Waals surface area (Å²) in [6.45, 7) is 0. The van der Waals surface area contributed by atoms with Gasteiger partial charge in [0.2, 0.25) is 5.96 Å². The number of anilines is 1. The number of thiazole rings is 2. The molecular formula is C18H11N5OS2. The van der Waals surface area contributed by atoms with E-state index in [0.29, 0.717) is 11.7 Å². The van der Waals surface area contributed by atoms with Crippen LogP contribution in [-0.2, 0) is 4.79 Å². The Balaban J connectivity index is 1.42. The Morgan fingerprint density at radius 1 is 0.962 bits per heavy atom. The van der Waals surface area contributed by atoms with E-state index in [9.17, 15) is 4.79 Å². The van der Waals surface area contributed by atoms with Gasteiger partial charge in [-0.2, -0.15) is 0 Å². The highest BCUT2D eigenvalue weighted by molar-refractivity contribution is 7.17. The summed E-state index contributed by atoms with van der Waals surface area (Å²) >= 11 is 3.14. The third-order valence-corrected chi connectivity index (χ3v) is 5.53. The van der Waals surface area contributed by atoms with E-state index in [-0.39, 0.29) is 5.91 Å². The summed E-state index contributed by atoms with van der Waals surface area (Å²) in [6.07, 6.45) is 1.77. The fraction of sp³-hybridized carbons (Fsp3) is 0. The minimum atomic E-state index is -0.226. The Labute approximate surface area is 155 Å². The smallest absolute Gasteiger partial charge is 0.276 e. The first-order valence-electron chi connectivity index (χ1n) is 7.80. The topological polar surface area (TPSA) is 79.3 Å². The molecule has 3 heterocycles. The molecule has 5 rings (SSSR count). The van der Waals surface area contributed by atoms with Gasteiger partial charge in [0.05, 0.1) is 31.5 Å². The molecule has 0 unspecified atom stereocenters. The van der Waals surface area contributed by atoms with Crippen molar-refractivity contribution in [2.24, 2.45) is 4.99 Å². The Hall–Kier alpha value is -3.10. The summed E-state index contributed by atoms with van der Waals surface area (Å²) in [5.74, 6) is 0.194. The molecule has 0 radical (unpaired) electrons. The molecule has 6 nitrogen and oxygen atoms in total. The van der Waals surface area contributed by atoms with Crippen LogP contribution in [0, 0.1) is 0 Å². The predicted molar refractivity (Wildman–Crippen MR) is 106 cm³/mol. The minimum Gasteiger partial charge on any atom is -0.326 e. The van der Waals surface area contributed by atoms with Crippen LogP contribution in [0.2, 0.25) is 0 Å². The van der Waals surface area contributed by atoms with Crippen molar-refractivity contribution in [3.05, 3.63) is 58.7 Å². The van der Waals surface area contributed by atoms with Crippen LogP contribution in [0.3, 0.4) is 0 Å². The zero-order valence-electron chi connectivity index (χ0n) is 13.3. The van der Waals surface area contributed by atoms with E-state index in [2.05, 4.69) is 25.6 Å². The molecule has 8 heteroatoms. The second-order valence-corrected chi connectivity index (χ2v) is 7.46. The quantitative estimate of drug-likeness (QED) is 0.520. The van der Waals surface area contributed by atoms with Gasteiger partial charge in [0.15, 0.2) is 0 Å².